The average Bonchev–Trinajstić information content (AvgIpc) is 2.13. The van der Waals surface area contributed by atoms with Gasteiger partial charge in [0, 0.05) is 11.8 Å². The van der Waals surface area contributed by atoms with Gasteiger partial charge in [0.1, 0.15) is 0 Å². The lowest BCUT2D eigenvalue weighted by molar-refractivity contribution is -0.387. The lowest BCUT2D eigenvalue weighted by Gasteiger charge is -2.16. The molecule has 0 radical (unpaired) electrons. The fourth-order valence-corrected chi connectivity index (χ4v) is 1.15. The number of ether oxygens (including phenoxy) is 1. The molecule has 0 saturated carbocycles. The normalized spacial score (nSPS) is 11.1. The van der Waals surface area contributed by atoms with Crippen LogP contribution >= 0.6 is 0 Å². The standard InChI is InChI=1S/C11H14N2O5/c1-6-5-7(18-10(15)11(2,3)4)8(13(16)17)9(14)12-6/h5H,1-4H3,(H,12,14). The van der Waals surface area contributed by atoms with E-state index in [1.54, 1.807) is 27.7 Å². The summed E-state index contributed by atoms with van der Waals surface area (Å²) in [4.78, 5) is 35.3. The number of carbonyl (C=O) groups excluding carboxylic acids is 1. The minimum absolute atomic E-state index is 0.332. The van der Waals surface area contributed by atoms with Gasteiger partial charge in [-0.05, 0) is 27.7 Å². The molecule has 1 heterocycles. The van der Waals surface area contributed by atoms with Crippen LogP contribution in [0.15, 0.2) is 10.9 Å². The van der Waals surface area contributed by atoms with Gasteiger partial charge in [-0.25, -0.2) is 0 Å². The van der Waals surface area contributed by atoms with Crippen LogP contribution in [0.1, 0.15) is 26.5 Å². The SMILES string of the molecule is Cc1cc(OC(=O)C(C)(C)C)c([N+](=O)[O-])c(=O)[nH]1. The summed E-state index contributed by atoms with van der Waals surface area (Å²) in [7, 11) is 0. The highest BCUT2D eigenvalue weighted by Crippen LogP contribution is 2.26. The molecule has 98 valence electrons. The van der Waals surface area contributed by atoms with Crippen molar-refractivity contribution in [2.75, 3.05) is 0 Å². The molecule has 0 amide bonds. The number of hydrogen-bond donors (Lipinski definition) is 1. The van der Waals surface area contributed by atoms with Crippen LogP contribution in [0.4, 0.5) is 5.69 Å². The second-order valence-electron chi connectivity index (χ2n) is 4.89. The molecule has 1 N–H and O–H groups in total. The van der Waals surface area contributed by atoms with Gasteiger partial charge in [0.15, 0.2) is 0 Å². The number of rotatable bonds is 2. The maximum Gasteiger partial charge on any atom is 0.376 e. The first-order valence-corrected chi connectivity index (χ1v) is 5.23. The van der Waals surface area contributed by atoms with Crippen molar-refractivity contribution in [1.82, 2.24) is 4.98 Å². The summed E-state index contributed by atoms with van der Waals surface area (Å²) in [6, 6.07) is 1.25. The third-order valence-electron chi connectivity index (χ3n) is 2.10. The summed E-state index contributed by atoms with van der Waals surface area (Å²) >= 11 is 0. The summed E-state index contributed by atoms with van der Waals surface area (Å²) < 4.78 is 4.93. The number of nitrogens with one attached hydrogen (secondary N) is 1. The molecule has 7 nitrogen and oxygen atoms in total. The van der Waals surface area contributed by atoms with Crippen LogP contribution in [-0.2, 0) is 4.79 Å². The smallest absolute Gasteiger partial charge is 0.376 e. The molecule has 1 aromatic rings. The first kappa shape index (κ1) is 13.9. The van der Waals surface area contributed by atoms with E-state index in [2.05, 4.69) is 4.98 Å². The number of nitro groups is 1. The van der Waals surface area contributed by atoms with Gasteiger partial charge in [-0.1, -0.05) is 0 Å². The molecule has 18 heavy (non-hydrogen) atoms. The van der Waals surface area contributed by atoms with Crippen LogP contribution in [0.3, 0.4) is 0 Å². The minimum atomic E-state index is -0.892. The zero-order valence-corrected chi connectivity index (χ0v) is 10.6. The Balaban J connectivity index is 3.28. The molecule has 0 spiro atoms. The Labute approximate surface area is 103 Å². The second-order valence-corrected chi connectivity index (χ2v) is 4.89. The average molecular weight is 254 g/mol. The van der Waals surface area contributed by atoms with Crippen molar-refractivity contribution in [2.24, 2.45) is 5.41 Å². The van der Waals surface area contributed by atoms with Gasteiger partial charge in [0.05, 0.1) is 10.3 Å². The highest BCUT2D eigenvalue weighted by molar-refractivity contribution is 5.78. The number of aromatic nitrogens is 1. The number of aromatic amines is 1. The van der Waals surface area contributed by atoms with E-state index in [0.29, 0.717) is 5.69 Å². The van der Waals surface area contributed by atoms with Crippen molar-refractivity contribution in [3.63, 3.8) is 0 Å². The Morgan fingerprint density at radius 3 is 2.44 bits per heavy atom. The molecule has 1 rings (SSSR count). The zero-order valence-electron chi connectivity index (χ0n) is 10.6. The van der Waals surface area contributed by atoms with Gasteiger partial charge in [-0.15, -0.1) is 0 Å². The lowest BCUT2D eigenvalue weighted by Crippen LogP contribution is -2.27. The molecule has 1 aromatic heterocycles. The van der Waals surface area contributed by atoms with E-state index in [-0.39, 0.29) is 5.75 Å². The summed E-state index contributed by atoms with van der Waals surface area (Å²) in [5, 5.41) is 10.8. The van der Waals surface area contributed by atoms with E-state index < -0.39 is 27.6 Å². The fraction of sp³-hybridized carbons (Fsp3) is 0.455. The van der Waals surface area contributed by atoms with Crippen LogP contribution in [0.25, 0.3) is 0 Å². The molecule has 0 unspecified atom stereocenters. The van der Waals surface area contributed by atoms with Crippen molar-refractivity contribution in [3.8, 4) is 5.75 Å². The molecule has 0 atom stereocenters. The summed E-state index contributed by atoms with van der Waals surface area (Å²) in [6.07, 6.45) is 0. The molecule has 0 aromatic carbocycles. The molecule has 0 aliphatic heterocycles. The number of carbonyl (C=O) groups is 1. The van der Waals surface area contributed by atoms with Crippen molar-refractivity contribution in [2.45, 2.75) is 27.7 Å². The van der Waals surface area contributed by atoms with Crippen LogP contribution in [-0.4, -0.2) is 15.9 Å². The lowest BCUT2D eigenvalue weighted by atomic mass is 9.97. The zero-order chi connectivity index (χ0) is 14.1. The van der Waals surface area contributed by atoms with Crippen LogP contribution < -0.4 is 10.3 Å². The van der Waals surface area contributed by atoms with Crippen LogP contribution in [0, 0.1) is 22.5 Å². The maximum absolute atomic E-state index is 11.7. The van der Waals surface area contributed by atoms with Gasteiger partial charge in [0.25, 0.3) is 0 Å². The van der Waals surface area contributed by atoms with Gasteiger partial charge in [-0.2, -0.15) is 0 Å². The van der Waals surface area contributed by atoms with Crippen molar-refractivity contribution >= 4 is 11.7 Å². The van der Waals surface area contributed by atoms with Crippen molar-refractivity contribution < 1.29 is 14.5 Å². The summed E-state index contributed by atoms with van der Waals surface area (Å²) in [5.41, 5.74) is -2.10. The number of nitrogens with zero attached hydrogens (tertiary/aromatic N) is 1. The Bertz CT molecular complexity index is 554. The molecular weight excluding hydrogens is 240 g/mol. The van der Waals surface area contributed by atoms with E-state index in [1.807, 2.05) is 0 Å². The highest BCUT2D eigenvalue weighted by Gasteiger charge is 2.29. The van der Waals surface area contributed by atoms with Gasteiger partial charge in [-0.3, -0.25) is 19.7 Å². The molecule has 0 aliphatic rings. The first-order chi connectivity index (χ1) is 8.12. The van der Waals surface area contributed by atoms with E-state index in [4.69, 9.17) is 4.74 Å². The van der Waals surface area contributed by atoms with E-state index in [0.717, 1.165) is 0 Å². The minimum Gasteiger partial charge on any atom is -0.418 e. The number of esters is 1. The van der Waals surface area contributed by atoms with Gasteiger partial charge in [0.2, 0.25) is 5.75 Å². The maximum atomic E-state index is 11.7. The van der Waals surface area contributed by atoms with E-state index in [9.17, 15) is 19.7 Å². The largest absolute Gasteiger partial charge is 0.418 e. The predicted octanol–water partition coefficient (Wildman–Crippen LogP) is 1.54. The first-order valence-electron chi connectivity index (χ1n) is 5.23. The van der Waals surface area contributed by atoms with E-state index in [1.165, 1.54) is 6.07 Å². The molecule has 7 heteroatoms. The molecular formula is C11H14N2O5. The third-order valence-corrected chi connectivity index (χ3v) is 2.10. The van der Waals surface area contributed by atoms with Crippen LogP contribution in [0.2, 0.25) is 0 Å². The quantitative estimate of drug-likeness (QED) is 0.490. The van der Waals surface area contributed by atoms with Gasteiger partial charge >= 0.3 is 17.2 Å². The third kappa shape index (κ3) is 2.93. The predicted molar refractivity (Wildman–Crippen MR) is 63.5 cm³/mol. The molecule has 0 bridgehead atoms. The summed E-state index contributed by atoms with van der Waals surface area (Å²) in [5.74, 6) is -0.975. The molecule has 0 aliphatic carbocycles. The van der Waals surface area contributed by atoms with Crippen molar-refractivity contribution in [3.05, 3.63) is 32.2 Å². The van der Waals surface area contributed by atoms with Crippen molar-refractivity contribution in [1.29, 1.82) is 0 Å². The number of pyridine rings is 1. The second kappa shape index (κ2) is 4.59. The number of hydrogen-bond acceptors (Lipinski definition) is 5. The van der Waals surface area contributed by atoms with Crippen LogP contribution in [0.5, 0.6) is 5.75 Å². The Kier molecular flexibility index (Phi) is 3.54. The molecule has 0 fully saturated rings. The summed E-state index contributed by atoms with van der Waals surface area (Å²) in [6.45, 7) is 6.38. The monoisotopic (exact) mass is 254 g/mol. The Morgan fingerprint density at radius 1 is 1.44 bits per heavy atom. The highest BCUT2D eigenvalue weighted by atomic mass is 16.6. The Morgan fingerprint density at radius 2 is 2.00 bits per heavy atom. The van der Waals surface area contributed by atoms with Gasteiger partial charge < -0.3 is 9.72 Å². The number of aryl methyl sites for hydroxylation is 1. The van der Waals surface area contributed by atoms with E-state index >= 15 is 0 Å². The number of H-pyrrole nitrogens is 1. The topological polar surface area (TPSA) is 102 Å². The molecule has 0 saturated heterocycles. The fourth-order valence-electron chi connectivity index (χ4n) is 1.15. The Hall–Kier alpha value is -2.18.